The van der Waals surface area contributed by atoms with Gasteiger partial charge < -0.3 is 0 Å². The maximum Gasteiger partial charge on any atom is 0.266 e. The van der Waals surface area contributed by atoms with E-state index in [-0.39, 0.29) is 17.2 Å². The Kier molecular flexibility index (Phi) is 5.09. The number of rotatable bonds is 3. The van der Waals surface area contributed by atoms with Gasteiger partial charge in [-0.2, -0.15) is 0 Å². The Balaban J connectivity index is 1.58. The molecule has 5 nitrogen and oxygen atoms in total. The number of hydrogen-bond acceptors (Lipinski definition) is 4. The molecule has 2 saturated heterocycles. The summed E-state index contributed by atoms with van der Waals surface area (Å²) in [5.74, 6) is -1.16. The average Bonchev–Trinajstić information content (AvgIpc) is 3.31. The number of aryl methyl sites for hydroxylation is 1. The number of imide groups is 1. The number of anilines is 2. The van der Waals surface area contributed by atoms with Crippen LogP contribution in [0.3, 0.4) is 0 Å². The monoisotopic (exact) mass is 440 g/mol. The zero-order chi connectivity index (χ0) is 23.3. The van der Waals surface area contributed by atoms with Crippen LogP contribution in [0.15, 0.2) is 78.9 Å². The van der Waals surface area contributed by atoms with Crippen LogP contribution in [0.2, 0.25) is 0 Å². The van der Waals surface area contributed by atoms with E-state index in [0.29, 0.717) is 5.69 Å². The third-order valence-electron chi connectivity index (χ3n) is 6.60. The summed E-state index contributed by atoms with van der Waals surface area (Å²) in [6.07, 6.45) is -0.857. The maximum atomic E-state index is 13.7. The second kappa shape index (κ2) is 7.85. The highest BCUT2D eigenvalue weighted by molar-refractivity contribution is 6.24. The molecule has 5 rings (SSSR count). The molecule has 0 N–H and O–H groups in total. The van der Waals surface area contributed by atoms with Gasteiger partial charge in [-0.15, -0.1) is 0 Å². The molecule has 0 aliphatic carbocycles. The van der Waals surface area contributed by atoms with Crippen molar-refractivity contribution in [2.45, 2.75) is 45.3 Å². The fraction of sp³-hybridized carbons (Fsp3) is 0.286. The van der Waals surface area contributed by atoms with Gasteiger partial charge >= 0.3 is 0 Å². The van der Waals surface area contributed by atoms with Crippen LogP contribution < -0.4 is 9.96 Å². The van der Waals surface area contributed by atoms with Crippen molar-refractivity contribution in [1.29, 1.82) is 0 Å². The Bertz CT molecular complexity index is 1200. The SMILES string of the molecule is Cc1ccccc1N1C(=O)[C@@H]2[C@H](ON(c3ccccc3)[C@H]2c2ccc(C(C)(C)C)cc2)C1=O. The third-order valence-corrected chi connectivity index (χ3v) is 6.60. The van der Waals surface area contributed by atoms with Gasteiger partial charge in [0.25, 0.3) is 5.91 Å². The van der Waals surface area contributed by atoms with Gasteiger partial charge in [-0.1, -0.05) is 81.4 Å². The number of hydrogen-bond donors (Lipinski definition) is 0. The quantitative estimate of drug-likeness (QED) is 0.516. The minimum atomic E-state index is -0.857. The predicted octanol–water partition coefficient (Wildman–Crippen LogP) is 5.34. The molecule has 2 fully saturated rings. The first-order valence-electron chi connectivity index (χ1n) is 11.3. The molecule has 0 bridgehead atoms. The summed E-state index contributed by atoms with van der Waals surface area (Å²) in [5.41, 5.74) is 4.51. The predicted molar refractivity (Wildman–Crippen MR) is 129 cm³/mol. The lowest BCUT2D eigenvalue weighted by Gasteiger charge is -2.29. The van der Waals surface area contributed by atoms with Crippen LogP contribution in [0.25, 0.3) is 0 Å². The smallest absolute Gasteiger partial charge is 0.266 e. The fourth-order valence-corrected chi connectivity index (χ4v) is 4.78. The molecule has 3 atom stereocenters. The molecule has 5 heteroatoms. The second-order valence-electron chi connectivity index (χ2n) is 9.83. The molecular weight excluding hydrogens is 412 g/mol. The summed E-state index contributed by atoms with van der Waals surface area (Å²) >= 11 is 0. The van der Waals surface area contributed by atoms with E-state index in [9.17, 15) is 9.59 Å². The Morgan fingerprint density at radius 1 is 0.788 bits per heavy atom. The summed E-state index contributed by atoms with van der Waals surface area (Å²) < 4.78 is 0. The molecule has 0 unspecified atom stereocenters. The molecule has 3 aromatic rings. The summed E-state index contributed by atoms with van der Waals surface area (Å²) in [6, 6.07) is 25.0. The standard InChI is InChI=1S/C28H28N2O3/c1-18-10-8-9-13-22(18)29-26(31)23-24(19-14-16-20(17-15-19)28(2,3)4)30(33-25(23)27(29)32)21-11-6-5-7-12-21/h5-17,23-25H,1-4H3/t23-,24-,25-/m0/s1. The zero-order valence-electron chi connectivity index (χ0n) is 19.4. The average molecular weight is 441 g/mol. The van der Waals surface area contributed by atoms with E-state index in [4.69, 9.17) is 4.84 Å². The van der Waals surface area contributed by atoms with Crippen molar-refractivity contribution >= 4 is 23.2 Å². The molecule has 2 aliphatic rings. The molecule has 0 radical (unpaired) electrons. The minimum absolute atomic E-state index is 0.0210. The van der Waals surface area contributed by atoms with Crippen LogP contribution >= 0.6 is 0 Å². The summed E-state index contributed by atoms with van der Waals surface area (Å²) in [6.45, 7) is 8.43. The molecule has 2 amide bonds. The lowest BCUT2D eigenvalue weighted by atomic mass is 9.84. The van der Waals surface area contributed by atoms with Gasteiger partial charge in [-0.05, 0) is 47.2 Å². The molecule has 33 heavy (non-hydrogen) atoms. The van der Waals surface area contributed by atoms with Crippen molar-refractivity contribution in [3.8, 4) is 0 Å². The lowest BCUT2D eigenvalue weighted by Crippen LogP contribution is -2.37. The van der Waals surface area contributed by atoms with E-state index in [2.05, 4.69) is 45.0 Å². The van der Waals surface area contributed by atoms with E-state index < -0.39 is 18.1 Å². The van der Waals surface area contributed by atoms with Gasteiger partial charge in [0, 0.05) is 0 Å². The molecule has 2 aliphatic heterocycles. The Labute approximate surface area is 194 Å². The number of para-hydroxylation sites is 2. The highest BCUT2D eigenvalue weighted by Crippen LogP contribution is 2.48. The van der Waals surface area contributed by atoms with E-state index in [1.165, 1.54) is 10.5 Å². The van der Waals surface area contributed by atoms with Gasteiger partial charge in [-0.25, -0.2) is 9.96 Å². The van der Waals surface area contributed by atoms with Gasteiger partial charge in [0.05, 0.1) is 17.4 Å². The van der Waals surface area contributed by atoms with Crippen molar-refractivity contribution in [1.82, 2.24) is 0 Å². The first-order valence-corrected chi connectivity index (χ1v) is 11.3. The Hall–Kier alpha value is -3.44. The van der Waals surface area contributed by atoms with E-state index >= 15 is 0 Å². The minimum Gasteiger partial charge on any atom is -0.273 e. The zero-order valence-corrected chi connectivity index (χ0v) is 19.4. The molecule has 3 aromatic carbocycles. The number of amides is 2. The third kappa shape index (κ3) is 3.53. The molecule has 0 spiro atoms. The van der Waals surface area contributed by atoms with Crippen molar-refractivity contribution in [3.63, 3.8) is 0 Å². The fourth-order valence-electron chi connectivity index (χ4n) is 4.78. The normalized spacial score (nSPS) is 22.7. The summed E-state index contributed by atoms with van der Waals surface area (Å²) in [4.78, 5) is 34.7. The number of benzene rings is 3. The summed E-state index contributed by atoms with van der Waals surface area (Å²) in [7, 11) is 0. The van der Waals surface area contributed by atoms with E-state index in [1.54, 1.807) is 5.06 Å². The van der Waals surface area contributed by atoms with Crippen LogP contribution in [0.5, 0.6) is 0 Å². The molecule has 0 saturated carbocycles. The Morgan fingerprint density at radius 3 is 2.06 bits per heavy atom. The first-order chi connectivity index (χ1) is 15.8. The van der Waals surface area contributed by atoms with Gasteiger partial charge in [0.1, 0.15) is 5.92 Å². The van der Waals surface area contributed by atoms with Crippen molar-refractivity contribution in [2.75, 3.05) is 9.96 Å². The van der Waals surface area contributed by atoms with Gasteiger partial charge in [0.2, 0.25) is 5.91 Å². The number of nitrogens with zero attached hydrogens (tertiary/aromatic N) is 2. The van der Waals surface area contributed by atoms with Crippen LogP contribution in [0.4, 0.5) is 11.4 Å². The lowest BCUT2D eigenvalue weighted by molar-refractivity contribution is -0.126. The highest BCUT2D eigenvalue weighted by atomic mass is 16.7. The maximum absolute atomic E-state index is 13.7. The molecule has 2 heterocycles. The number of fused-ring (bicyclic) bond motifs is 1. The first kappa shape index (κ1) is 21.4. The van der Waals surface area contributed by atoms with Crippen LogP contribution in [-0.4, -0.2) is 17.9 Å². The van der Waals surface area contributed by atoms with E-state index in [1.807, 2.05) is 61.5 Å². The van der Waals surface area contributed by atoms with E-state index in [0.717, 1.165) is 16.8 Å². The summed E-state index contributed by atoms with van der Waals surface area (Å²) in [5, 5.41) is 1.74. The topological polar surface area (TPSA) is 49.9 Å². The highest BCUT2D eigenvalue weighted by Gasteiger charge is 2.60. The molecule has 168 valence electrons. The van der Waals surface area contributed by atoms with Crippen molar-refractivity contribution in [3.05, 3.63) is 95.6 Å². The number of carbonyl (C=O) groups excluding carboxylic acids is 2. The molecule has 0 aromatic heterocycles. The van der Waals surface area contributed by atoms with Gasteiger partial charge in [-0.3, -0.25) is 14.4 Å². The van der Waals surface area contributed by atoms with Gasteiger partial charge in [0.15, 0.2) is 6.10 Å². The van der Waals surface area contributed by atoms with Crippen LogP contribution in [0, 0.1) is 12.8 Å². The molecular formula is C28H28N2O3. The number of hydroxylamine groups is 1. The van der Waals surface area contributed by atoms with Crippen molar-refractivity contribution in [2.24, 2.45) is 5.92 Å². The Morgan fingerprint density at radius 2 is 1.42 bits per heavy atom. The van der Waals surface area contributed by atoms with Crippen LogP contribution in [0.1, 0.15) is 43.5 Å². The number of carbonyl (C=O) groups is 2. The van der Waals surface area contributed by atoms with Crippen molar-refractivity contribution < 1.29 is 14.4 Å². The largest absolute Gasteiger partial charge is 0.273 e. The second-order valence-corrected chi connectivity index (χ2v) is 9.83. The van der Waals surface area contributed by atoms with Crippen LogP contribution in [-0.2, 0) is 19.8 Å².